The molecule has 1 aliphatic rings. The molecule has 2 aromatic heterocycles. The first-order valence-corrected chi connectivity index (χ1v) is 8.14. The average Bonchev–Trinajstić information content (AvgIpc) is 3.12. The molecule has 1 N–H and O–H groups in total. The van der Waals surface area contributed by atoms with Crippen LogP contribution in [0.1, 0.15) is 26.7 Å². The average molecular weight is 338 g/mol. The normalized spacial score (nSPS) is 17.9. The topological polar surface area (TPSA) is 71.8 Å². The molecule has 0 aromatic carbocycles. The van der Waals surface area contributed by atoms with Crippen LogP contribution in [0.3, 0.4) is 0 Å². The van der Waals surface area contributed by atoms with Crippen molar-refractivity contribution in [3.05, 3.63) is 23.5 Å². The summed E-state index contributed by atoms with van der Waals surface area (Å²) in [5.41, 5.74) is 0.698. The van der Waals surface area contributed by atoms with Crippen LogP contribution < -0.4 is 5.32 Å². The molecule has 0 radical (unpaired) electrons. The van der Waals surface area contributed by atoms with Crippen molar-refractivity contribution >= 4 is 29.2 Å². The largest absolute Gasteiger partial charge is 0.447 e. The quantitative estimate of drug-likeness (QED) is 0.928. The molecule has 1 fully saturated rings. The lowest BCUT2D eigenvalue weighted by Crippen LogP contribution is -2.40. The number of aromatic nitrogens is 3. The molecule has 1 amide bonds. The molecule has 0 saturated carbocycles. The van der Waals surface area contributed by atoms with Crippen molar-refractivity contribution in [1.29, 1.82) is 0 Å². The number of ether oxygens (including phenoxy) is 1. The van der Waals surface area contributed by atoms with Crippen molar-refractivity contribution in [1.82, 2.24) is 19.5 Å². The second-order valence-electron chi connectivity index (χ2n) is 5.87. The van der Waals surface area contributed by atoms with E-state index < -0.39 is 0 Å². The number of nitrogens with zero attached hydrogens (tertiary/aromatic N) is 4. The Morgan fingerprint density at radius 2 is 2.35 bits per heavy atom. The number of halogens is 1. The van der Waals surface area contributed by atoms with Gasteiger partial charge < -0.3 is 15.0 Å². The van der Waals surface area contributed by atoms with Gasteiger partial charge in [-0.05, 0) is 38.8 Å². The van der Waals surface area contributed by atoms with Crippen molar-refractivity contribution in [3.8, 4) is 0 Å². The number of nitrogens with one attached hydrogen (secondary N) is 1. The van der Waals surface area contributed by atoms with Crippen LogP contribution in [0.25, 0.3) is 5.65 Å². The van der Waals surface area contributed by atoms with E-state index in [0.717, 1.165) is 19.4 Å². The Hall–Kier alpha value is -2.02. The first kappa shape index (κ1) is 15.9. The molecule has 23 heavy (non-hydrogen) atoms. The Balaban J connectivity index is 1.64. The van der Waals surface area contributed by atoms with E-state index in [1.54, 1.807) is 15.6 Å². The monoisotopic (exact) mass is 337 g/mol. The summed E-state index contributed by atoms with van der Waals surface area (Å²) in [5.74, 6) is 0.696. The summed E-state index contributed by atoms with van der Waals surface area (Å²) in [6.07, 6.45) is 3.15. The first-order chi connectivity index (χ1) is 11.0. The van der Waals surface area contributed by atoms with E-state index >= 15 is 0 Å². The van der Waals surface area contributed by atoms with Gasteiger partial charge in [-0.2, -0.15) is 0 Å². The number of hydrogen-bond donors (Lipinski definition) is 1. The summed E-state index contributed by atoms with van der Waals surface area (Å²) in [5, 5.41) is 8.12. The molecule has 7 nitrogen and oxygen atoms in total. The number of likely N-dealkylation sites (tertiary alicyclic amines) is 1. The highest BCUT2D eigenvalue weighted by atomic mass is 35.5. The summed E-state index contributed by atoms with van der Waals surface area (Å²) in [6.45, 7) is 5.07. The Morgan fingerprint density at radius 3 is 3.13 bits per heavy atom. The van der Waals surface area contributed by atoms with E-state index in [9.17, 15) is 4.79 Å². The maximum atomic E-state index is 12.1. The van der Waals surface area contributed by atoms with Gasteiger partial charge in [0, 0.05) is 13.1 Å². The lowest BCUT2D eigenvalue weighted by molar-refractivity contribution is 0.0746. The summed E-state index contributed by atoms with van der Waals surface area (Å²) in [7, 11) is 0. The van der Waals surface area contributed by atoms with Gasteiger partial charge in [-0.3, -0.25) is 0 Å². The molecule has 8 heteroatoms. The third-order valence-electron chi connectivity index (χ3n) is 3.79. The maximum Gasteiger partial charge on any atom is 0.410 e. The van der Waals surface area contributed by atoms with Crippen LogP contribution in [-0.4, -0.2) is 50.8 Å². The molecule has 1 unspecified atom stereocenters. The van der Waals surface area contributed by atoms with Gasteiger partial charge in [-0.1, -0.05) is 11.6 Å². The molecule has 2 aromatic rings. The van der Waals surface area contributed by atoms with Gasteiger partial charge >= 0.3 is 6.09 Å². The number of carbonyl (C=O) groups is 1. The number of imidazole rings is 1. The number of rotatable bonds is 4. The summed E-state index contributed by atoms with van der Waals surface area (Å²) in [4.78, 5) is 18.0. The minimum atomic E-state index is -0.245. The van der Waals surface area contributed by atoms with Gasteiger partial charge in [0.05, 0.1) is 18.3 Å². The lowest BCUT2D eigenvalue weighted by atomic mass is 10.2. The van der Waals surface area contributed by atoms with E-state index in [1.807, 2.05) is 26.0 Å². The Labute approximate surface area is 139 Å². The lowest BCUT2D eigenvalue weighted by Gasteiger charge is -2.25. The van der Waals surface area contributed by atoms with Gasteiger partial charge in [-0.15, -0.1) is 5.10 Å². The third-order valence-corrected chi connectivity index (χ3v) is 4.05. The van der Waals surface area contributed by atoms with Gasteiger partial charge in [0.1, 0.15) is 5.82 Å². The van der Waals surface area contributed by atoms with Gasteiger partial charge in [0.15, 0.2) is 10.8 Å². The predicted molar refractivity (Wildman–Crippen MR) is 87.8 cm³/mol. The predicted octanol–water partition coefficient (Wildman–Crippen LogP) is 2.80. The molecule has 0 bridgehead atoms. The molecular formula is C15H20ClN5O2. The molecule has 0 aliphatic carbocycles. The van der Waals surface area contributed by atoms with Crippen LogP contribution in [0, 0.1) is 0 Å². The highest BCUT2D eigenvalue weighted by Crippen LogP contribution is 2.20. The molecule has 124 valence electrons. The van der Waals surface area contributed by atoms with E-state index in [2.05, 4.69) is 15.4 Å². The van der Waals surface area contributed by atoms with Crippen LogP contribution in [0.15, 0.2) is 18.3 Å². The molecule has 1 atom stereocenters. The zero-order valence-electron chi connectivity index (χ0n) is 13.2. The van der Waals surface area contributed by atoms with Crippen molar-refractivity contribution in [3.63, 3.8) is 0 Å². The molecule has 3 rings (SSSR count). The highest BCUT2D eigenvalue weighted by Gasteiger charge is 2.30. The number of anilines is 1. The molecular weight excluding hydrogens is 318 g/mol. The number of carbonyl (C=O) groups excluding carboxylic acids is 1. The van der Waals surface area contributed by atoms with Gasteiger partial charge in [0.2, 0.25) is 0 Å². The molecule has 1 saturated heterocycles. The summed E-state index contributed by atoms with van der Waals surface area (Å²) >= 11 is 6.03. The van der Waals surface area contributed by atoms with Crippen LogP contribution in [0.4, 0.5) is 10.6 Å². The fourth-order valence-corrected chi connectivity index (χ4v) is 2.89. The van der Waals surface area contributed by atoms with Crippen molar-refractivity contribution < 1.29 is 9.53 Å². The fraction of sp³-hybridized carbons (Fsp3) is 0.533. The maximum absolute atomic E-state index is 12.1. The van der Waals surface area contributed by atoms with E-state index in [0.29, 0.717) is 23.2 Å². The SMILES string of the molecule is CC(C)OC(=O)N1CCCC1CNc1ccc2ncc(Cl)n2n1. The number of amides is 1. The summed E-state index contributed by atoms with van der Waals surface area (Å²) < 4.78 is 6.87. The number of fused-ring (bicyclic) bond motifs is 1. The Morgan fingerprint density at radius 1 is 1.52 bits per heavy atom. The van der Waals surface area contributed by atoms with Crippen LogP contribution in [0.5, 0.6) is 0 Å². The van der Waals surface area contributed by atoms with Crippen LogP contribution >= 0.6 is 11.6 Å². The summed E-state index contributed by atoms with van der Waals surface area (Å²) in [6, 6.07) is 3.81. The number of hydrogen-bond acceptors (Lipinski definition) is 5. The minimum absolute atomic E-state index is 0.107. The van der Waals surface area contributed by atoms with Gasteiger partial charge in [0.25, 0.3) is 0 Å². The third kappa shape index (κ3) is 3.50. The van der Waals surface area contributed by atoms with Crippen LogP contribution in [-0.2, 0) is 4.74 Å². The molecule has 3 heterocycles. The zero-order chi connectivity index (χ0) is 16.4. The highest BCUT2D eigenvalue weighted by molar-refractivity contribution is 6.29. The van der Waals surface area contributed by atoms with Crippen LogP contribution in [0.2, 0.25) is 5.15 Å². The second-order valence-corrected chi connectivity index (χ2v) is 6.26. The van der Waals surface area contributed by atoms with E-state index in [-0.39, 0.29) is 18.2 Å². The van der Waals surface area contributed by atoms with E-state index in [1.165, 1.54) is 0 Å². The van der Waals surface area contributed by atoms with Crippen molar-refractivity contribution in [2.75, 3.05) is 18.4 Å². The van der Waals surface area contributed by atoms with Gasteiger partial charge in [-0.25, -0.2) is 14.3 Å². The fourth-order valence-electron chi connectivity index (χ4n) is 2.72. The molecule has 1 aliphatic heterocycles. The van der Waals surface area contributed by atoms with E-state index in [4.69, 9.17) is 16.3 Å². The smallest absolute Gasteiger partial charge is 0.410 e. The minimum Gasteiger partial charge on any atom is -0.447 e. The second kappa shape index (κ2) is 6.62. The van der Waals surface area contributed by atoms with Crippen molar-refractivity contribution in [2.45, 2.75) is 38.8 Å². The first-order valence-electron chi connectivity index (χ1n) is 7.76. The van der Waals surface area contributed by atoms with Crippen molar-refractivity contribution in [2.24, 2.45) is 0 Å². The molecule has 0 spiro atoms. The Bertz CT molecular complexity index is 702. The standard InChI is InChI=1S/C15H20ClN5O2/c1-10(2)23-15(22)20-7-3-4-11(20)8-17-13-5-6-14-18-9-12(16)21(14)19-13/h5-6,9-11H,3-4,7-8H2,1-2H3,(H,17,19). The Kier molecular flexibility index (Phi) is 4.56. The zero-order valence-corrected chi connectivity index (χ0v) is 14.0.